The average Bonchev–Trinajstić information content (AvgIpc) is 2.78. The molecule has 0 aromatic carbocycles. The summed E-state index contributed by atoms with van der Waals surface area (Å²) in [5, 5.41) is 12.1. The molecular weight excluding hydrogens is 236 g/mol. The van der Waals surface area contributed by atoms with Crippen LogP contribution in [0, 0.1) is 5.41 Å². The fourth-order valence-electron chi connectivity index (χ4n) is 3.12. The van der Waals surface area contributed by atoms with E-state index in [1.165, 1.54) is 25.7 Å². The highest BCUT2D eigenvalue weighted by atomic mass is 15.3. The maximum absolute atomic E-state index is 4.27. The van der Waals surface area contributed by atoms with Crippen molar-refractivity contribution in [2.45, 2.75) is 52.1 Å². The molecule has 0 saturated heterocycles. The number of nitrogens with zero attached hydrogens (tertiary/aromatic N) is 3. The summed E-state index contributed by atoms with van der Waals surface area (Å²) in [5.41, 5.74) is 1.39. The third-order valence-corrected chi connectivity index (χ3v) is 4.14. The second-order valence-corrected chi connectivity index (χ2v) is 6.38. The SMILES string of the molecule is CC1(C)CCCC(NCc2nnc3ccccn23)C1. The van der Waals surface area contributed by atoms with Crippen molar-refractivity contribution in [2.24, 2.45) is 5.41 Å². The minimum atomic E-state index is 0.475. The summed E-state index contributed by atoms with van der Waals surface area (Å²) < 4.78 is 2.06. The van der Waals surface area contributed by atoms with Gasteiger partial charge in [0.05, 0.1) is 6.54 Å². The molecule has 3 rings (SSSR count). The minimum Gasteiger partial charge on any atom is -0.307 e. The zero-order valence-electron chi connectivity index (χ0n) is 11.8. The van der Waals surface area contributed by atoms with E-state index in [2.05, 4.69) is 33.8 Å². The van der Waals surface area contributed by atoms with E-state index in [9.17, 15) is 0 Å². The standard InChI is InChI=1S/C15H22N4/c1-15(2)8-5-6-12(10-15)16-11-14-18-17-13-7-3-4-9-19(13)14/h3-4,7,9,12,16H,5-6,8,10-11H2,1-2H3. The Morgan fingerprint density at radius 1 is 1.37 bits per heavy atom. The second-order valence-electron chi connectivity index (χ2n) is 6.38. The maximum atomic E-state index is 4.27. The Morgan fingerprint density at radius 3 is 3.11 bits per heavy atom. The van der Waals surface area contributed by atoms with Crippen LogP contribution in [0.5, 0.6) is 0 Å². The summed E-state index contributed by atoms with van der Waals surface area (Å²) in [4.78, 5) is 0. The van der Waals surface area contributed by atoms with Crippen LogP contribution >= 0.6 is 0 Å². The quantitative estimate of drug-likeness (QED) is 0.920. The summed E-state index contributed by atoms with van der Waals surface area (Å²) in [6, 6.07) is 6.61. The molecule has 1 fully saturated rings. The molecule has 1 saturated carbocycles. The predicted molar refractivity (Wildman–Crippen MR) is 75.9 cm³/mol. The number of pyridine rings is 1. The highest BCUT2D eigenvalue weighted by molar-refractivity contribution is 5.36. The number of hydrogen-bond donors (Lipinski definition) is 1. The minimum absolute atomic E-state index is 0.475. The van der Waals surface area contributed by atoms with E-state index in [0.29, 0.717) is 11.5 Å². The van der Waals surface area contributed by atoms with Crippen LogP contribution < -0.4 is 5.32 Å². The third-order valence-electron chi connectivity index (χ3n) is 4.14. The molecule has 2 aromatic heterocycles. The number of hydrogen-bond acceptors (Lipinski definition) is 3. The van der Waals surface area contributed by atoms with Gasteiger partial charge in [0.15, 0.2) is 11.5 Å². The van der Waals surface area contributed by atoms with Crippen molar-refractivity contribution in [1.82, 2.24) is 19.9 Å². The van der Waals surface area contributed by atoms with Gasteiger partial charge >= 0.3 is 0 Å². The molecule has 2 heterocycles. The molecule has 1 N–H and O–H groups in total. The highest BCUT2D eigenvalue weighted by Crippen LogP contribution is 2.35. The second kappa shape index (κ2) is 4.93. The summed E-state index contributed by atoms with van der Waals surface area (Å²) in [6.45, 7) is 5.53. The summed E-state index contributed by atoms with van der Waals surface area (Å²) in [7, 11) is 0. The van der Waals surface area contributed by atoms with Crippen molar-refractivity contribution in [1.29, 1.82) is 0 Å². The van der Waals surface area contributed by atoms with Crippen LogP contribution in [0.1, 0.15) is 45.4 Å². The molecular formula is C15H22N4. The van der Waals surface area contributed by atoms with Gasteiger partial charge in [-0.2, -0.15) is 0 Å². The Hall–Kier alpha value is -1.42. The van der Waals surface area contributed by atoms with Crippen LogP contribution in [0.25, 0.3) is 5.65 Å². The zero-order chi connectivity index (χ0) is 13.3. The molecule has 0 radical (unpaired) electrons. The molecule has 2 aromatic rings. The van der Waals surface area contributed by atoms with Crippen LogP contribution in [-0.4, -0.2) is 20.6 Å². The summed E-state index contributed by atoms with van der Waals surface area (Å²) in [6.07, 6.45) is 7.23. The molecule has 19 heavy (non-hydrogen) atoms. The van der Waals surface area contributed by atoms with Crippen molar-refractivity contribution in [3.05, 3.63) is 30.2 Å². The smallest absolute Gasteiger partial charge is 0.160 e. The van der Waals surface area contributed by atoms with Crippen molar-refractivity contribution in [3.63, 3.8) is 0 Å². The molecule has 1 atom stereocenters. The number of aromatic nitrogens is 3. The van der Waals surface area contributed by atoms with E-state index in [1.807, 2.05) is 24.4 Å². The Labute approximate surface area is 114 Å². The van der Waals surface area contributed by atoms with Gasteiger partial charge in [0.25, 0.3) is 0 Å². The predicted octanol–water partition coefficient (Wildman–Crippen LogP) is 2.79. The van der Waals surface area contributed by atoms with Gasteiger partial charge in [-0.1, -0.05) is 26.3 Å². The highest BCUT2D eigenvalue weighted by Gasteiger charge is 2.27. The van der Waals surface area contributed by atoms with Gasteiger partial charge in [-0.25, -0.2) is 0 Å². The Morgan fingerprint density at radius 2 is 2.26 bits per heavy atom. The zero-order valence-corrected chi connectivity index (χ0v) is 11.8. The fraction of sp³-hybridized carbons (Fsp3) is 0.600. The van der Waals surface area contributed by atoms with Crippen molar-refractivity contribution in [3.8, 4) is 0 Å². The van der Waals surface area contributed by atoms with Crippen LogP contribution in [0.2, 0.25) is 0 Å². The number of fused-ring (bicyclic) bond motifs is 1. The monoisotopic (exact) mass is 258 g/mol. The summed E-state index contributed by atoms with van der Waals surface area (Å²) in [5.74, 6) is 0.999. The first-order valence-corrected chi connectivity index (χ1v) is 7.16. The summed E-state index contributed by atoms with van der Waals surface area (Å²) >= 11 is 0. The molecule has 0 spiro atoms. The number of rotatable bonds is 3. The molecule has 0 amide bonds. The molecule has 1 aliphatic rings. The van der Waals surface area contributed by atoms with Crippen LogP contribution in [-0.2, 0) is 6.54 Å². The third kappa shape index (κ3) is 2.78. The molecule has 0 bridgehead atoms. The molecule has 1 aliphatic carbocycles. The fourth-order valence-corrected chi connectivity index (χ4v) is 3.12. The number of nitrogens with one attached hydrogen (secondary N) is 1. The molecule has 4 nitrogen and oxygen atoms in total. The Kier molecular flexibility index (Phi) is 3.27. The van der Waals surface area contributed by atoms with Gasteiger partial charge in [-0.3, -0.25) is 4.40 Å². The molecule has 1 unspecified atom stereocenters. The van der Waals surface area contributed by atoms with Crippen molar-refractivity contribution < 1.29 is 0 Å². The molecule has 102 valence electrons. The largest absolute Gasteiger partial charge is 0.307 e. The van der Waals surface area contributed by atoms with Crippen molar-refractivity contribution >= 4 is 5.65 Å². The van der Waals surface area contributed by atoms with Gasteiger partial charge < -0.3 is 5.32 Å². The topological polar surface area (TPSA) is 42.2 Å². The van der Waals surface area contributed by atoms with Crippen LogP contribution in [0.4, 0.5) is 0 Å². The van der Waals surface area contributed by atoms with Crippen molar-refractivity contribution in [2.75, 3.05) is 0 Å². The Balaban J connectivity index is 1.66. The molecule has 0 aliphatic heterocycles. The van der Waals surface area contributed by atoms with E-state index >= 15 is 0 Å². The lowest BCUT2D eigenvalue weighted by molar-refractivity contribution is 0.197. The van der Waals surface area contributed by atoms with Gasteiger partial charge in [-0.15, -0.1) is 10.2 Å². The maximum Gasteiger partial charge on any atom is 0.160 e. The van der Waals surface area contributed by atoms with Gasteiger partial charge in [0, 0.05) is 12.2 Å². The lowest BCUT2D eigenvalue weighted by atomic mass is 9.75. The van der Waals surface area contributed by atoms with Crippen LogP contribution in [0.3, 0.4) is 0 Å². The first-order chi connectivity index (χ1) is 9.14. The van der Waals surface area contributed by atoms with E-state index < -0.39 is 0 Å². The average molecular weight is 258 g/mol. The van der Waals surface area contributed by atoms with E-state index in [0.717, 1.165) is 18.0 Å². The van der Waals surface area contributed by atoms with Gasteiger partial charge in [0.2, 0.25) is 0 Å². The Bertz CT molecular complexity index is 558. The lowest BCUT2D eigenvalue weighted by Crippen LogP contribution is -2.37. The first-order valence-electron chi connectivity index (χ1n) is 7.16. The lowest BCUT2D eigenvalue weighted by Gasteiger charge is -2.35. The van der Waals surface area contributed by atoms with E-state index in [4.69, 9.17) is 0 Å². The van der Waals surface area contributed by atoms with Gasteiger partial charge in [0.1, 0.15) is 0 Å². The van der Waals surface area contributed by atoms with Crippen LogP contribution in [0.15, 0.2) is 24.4 Å². The van der Waals surface area contributed by atoms with E-state index in [1.54, 1.807) is 0 Å². The molecule has 4 heteroatoms. The van der Waals surface area contributed by atoms with E-state index in [-0.39, 0.29) is 0 Å². The normalized spacial score (nSPS) is 22.7. The first kappa shape index (κ1) is 12.6. The van der Waals surface area contributed by atoms with Gasteiger partial charge in [-0.05, 0) is 36.8 Å².